The average molecular weight is 258 g/mol. The van der Waals surface area contributed by atoms with Crippen molar-refractivity contribution >= 4 is 5.91 Å². The zero-order valence-electron chi connectivity index (χ0n) is 12.4. The first-order chi connectivity index (χ1) is 8.40. The lowest BCUT2D eigenvalue weighted by Gasteiger charge is -2.24. The molecule has 0 aliphatic heterocycles. The van der Waals surface area contributed by atoms with Crippen molar-refractivity contribution < 1.29 is 9.53 Å². The van der Waals surface area contributed by atoms with Gasteiger partial charge in [0.05, 0.1) is 5.92 Å². The molecule has 0 heterocycles. The zero-order chi connectivity index (χ0) is 14.0. The number of carbonyl (C=O) groups excluding carboxylic acids is 1. The number of hydrogen-bond donors (Lipinski definition) is 2. The predicted molar refractivity (Wildman–Crippen MR) is 75.4 cm³/mol. The molecular formula is C14H30N2O2. The van der Waals surface area contributed by atoms with Gasteiger partial charge in [-0.3, -0.25) is 4.79 Å². The molecule has 0 aromatic rings. The van der Waals surface area contributed by atoms with E-state index in [1.54, 1.807) is 0 Å². The second-order valence-corrected chi connectivity index (χ2v) is 5.95. The second-order valence-electron chi connectivity index (χ2n) is 5.95. The standard InChI is InChI=1S/C14H30N2O2/c1-5-8-18-9-6-7-16-13(17)12(11-15)10-14(2,3)4/h12H,5-11,15H2,1-4H3,(H,16,17). The summed E-state index contributed by atoms with van der Waals surface area (Å²) in [5.41, 5.74) is 5.80. The third-order valence-electron chi connectivity index (χ3n) is 2.63. The van der Waals surface area contributed by atoms with Crippen molar-refractivity contribution in [2.75, 3.05) is 26.3 Å². The molecule has 0 aromatic carbocycles. The Balaban J connectivity index is 3.77. The highest BCUT2D eigenvalue weighted by Crippen LogP contribution is 2.23. The Kier molecular flexibility index (Phi) is 9.02. The van der Waals surface area contributed by atoms with E-state index >= 15 is 0 Å². The summed E-state index contributed by atoms with van der Waals surface area (Å²) in [5, 5.41) is 2.93. The number of rotatable bonds is 9. The molecule has 0 fully saturated rings. The topological polar surface area (TPSA) is 64.3 Å². The van der Waals surface area contributed by atoms with E-state index < -0.39 is 0 Å². The maximum atomic E-state index is 11.9. The molecule has 18 heavy (non-hydrogen) atoms. The predicted octanol–water partition coefficient (Wildman–Crippen LogP) is 1.93. The fraction of sp³-hybridized carbons (Fsp3) is 0.929. The summed E-state index contributed by atoms with van der Waals surface area (Å²) in [4.78, 5) is 11.9. The smallest absolute Gasteiger partial charge is 0.224 e. The first-order valence-corrected chi connectivity index (χ1v) is 6.96. The first-order valence-electron chi connectivity index (χ1n) is 6.96. The summed E-state index contributed by atoms with van der Waals surface area (Å²) < 4.78 is 5.36. The van der Waals surface area contributed by atoms with Crippen molar-refractivity contribution in [3.8, 4) is 0 Å². The van der Waals surface area contributed by atoms with Crippen molar-refractivity contribution in [3.05, 3.63) is 0 Å². The molecule has 1 atom stereocenters. The molecule has 0 radical (unpaired) electrons. The van der Waals surface area contributed by atoms with Crippen LogP contribution in [0.2, 0.25) is 0 Å². The lowest BCUT2D eigenvalue weighted by Crippen LogP contribution is -2.37. The number of amides is 1. The molecular weight excluding hydrogens is 228 g/mol. The minimum Gasteiger partial charge on any atom is -0.381 e. The normalized spacial score (nSPS) is 13.4. The molecule has 1 amide bonds. The maximum Gasteiger partial charge on any atom is 0.224 e. The van der Waals surface area contributed by atoms with E-state index in [0.29, 0.717) is 19.7 Å². The highest BCUT2D eigenvalue weighted by atomic mass is 16.5. The molecule has 0 aliphatic rings. The molecule has 0 bridgehead atoms. The van der Waals surface area contributed by atoms with Crippen LogP contribution in [0.1, 0.15) is 47.0 Å². The van der Waals surface area contributed by atoms with Gasteiger partial charge in [-0.15, -0.1) is 0 Å². The van der Waals surface area contributed by atoms with Crippen molar-refractivity contribution in [3.63, 3.8) is 0 Å². The van der Waals surface area contributed by atoms with Crippen LogP contribution in [0.4, 0.5) is 0 Å². The van der Waals surface area contributed by atoms with E-state index in [-0.39, 0.29) is 17.2 Å². The van der Waals surface area contributed by atoms with Gasteiger partial charge in [0.15, 0.2) is 0 Å². The van der Waals surface area contributed by atoms with Crippen LogP contribution in [-0.2, 0) is 9.53 Å². The Hall–Kier alpha value is -0.610. The van der Waals surface area contributed by atoms with Gasteiger partial charge in [0.25, 0.3) is 0 Å². The van der Waals surface area contributed by atoms with E-state index in [2.05, 4.69) is 33.0 Å². The quantitative estimate of drug-likeness (QED) is 0.621. The third kappa shape index (κ3) is 9.42. The van der Waals surface area contributed by atoms with Gasteiger partial charge in [-0.1, -0.05) is 27.7 Å². The Morgan fingerprint density at radius 3 is 2.50 bits per heavy atom. The number of ether oxygens (including phenoxy) is 1. The fourth-order valence-electron chi connectivity index (χ4n) is 1.80. The highest BCUT2D eigenvalue weighted by molar-refractivity contribution is 5.78. The first kappa shape index (κ1) is 17.4. The van der Waals surface area contributed by atoms with Gasteiger partial charge in [-0.2, -0.15) is 0 Å². The van der Waals surface area contributed by atoms with Gasteiger partial charge in [-0.05, 0) is 24.7 Å². The highest BCUT2D eigenvalue weighted by Gasteiger charge is 2.23. The molecule has 108 valence electrons. The molecule has 3 N–H and O–H groups in total. The SMILES string of the molecule is CCCOCCCNC(=O)C(CN)CC(C)(C)C. The second kappa shape index (κ2) is 9.34. The lowest BCUT2D eigenvalue weighted by atomic mass is 9.84. The molecule has 4 heteroatoms. The molecule has 0 aliphatic carbocycles. The Labute approximate surface area is 112 Å². The van der Waals surface area contributed by atoms with Crippen LogP contribution < -0.4 is 11.1 Å². The van der Waals surface area contributed by atoms with Gasteiger partial charge in [-0.25, -0.2) is 0 Å². The summed E-state index contributed by atoms with van der Waals surface area (Å²) in [6.07, 6.45) is 2.72. The van der Waals surface area contributed by atoms with Crippen molar-refractivity contribution in [2.45, 2.75) is 47.0 Å². The van der Waals surface area contributed by atoms with Crippen LogP contribution in [-0.4, -0.2) is 32.2 Å². The van der Waals surface area contributed by atoms with Crippen LogP contribution in [0.15, 0.2) is 0 Å². The third-order valence-corrected chi connectivity index (χ3v) is 2.63. The fourth-order valence-corrected chi connectivity index (χ4v) is 1.80. The summed E-state index contributed by atoms with van der Waals surface area (Å²) in [5.74, 6) is -0.00974. The van der Waals surface area contributed by atoms with Crippen LogP contribution in [0.5, 0.6) is 0 Å². The lowest BCUT2D eigenvalue weighted by molar-refractivity contribution is -0.125. The van der Waals surface area contributed by atoms with E-state index in [1.165, 1.54) is 0 Å². The number of nitrogens with two attached hydrogens (primary N) is 1. The largest absolute Gasteiger partial charge is 0.381 e. The Morgan fingerprint density at radius 1 is 1.33 bits per heavy atom. The Bertz CT molecular complexity index is 224. The average Bonchev–Trinajstić information content (AvgIpc) is 2.29. The maximum absolute atomic E-state index is 11.9. The van der Waals surface area contributed by atoms with Crippen molar-refractivity contribution in [1.82, 2.24) is 5.32 Å². The molecule has 0 saturated heterocycles. The molecule has 1 unspecified atom stereocenters. The van der Waals surface area contributed by atoms with Gasteiger partial charge in [0.2, 0.25) is 5.91 Å². The zero-order valence-corrected chi connectivity index (χ0v) is 12.4. The van der Waals surface area contributed by atoms with Gasteiger partial charge in [0.1, 0.15) is 0 Å². The Morgan fingerprint density at radius 2 is 2.00 bits per heavy atom. The number of hydrogen-bond acceptors (Lipinski definition) is 3. The van der Waals surface area contributed by atoms with E-state index in [4.69, 9.17) is 10.5 Å². The monoisotopic (exact) mass is 258 g/mol. The molecule has 0 rings (SSSR count). The molecule has 0 spiro atoms. The van der Waals surface area contributed by atoms with E-state index in [1.807, 2.05) is 0 Å². The van der Waals surface area contributed by atoms with Gasteiger partial charge >= 0.3 is 0 Å². The van der Waals surface area contributed by atoms with Crippen LogP contribution in [0.3, 0.4) is 0 Å². The summed E-state index contributed by atoms with van der Waals surface area (Å²) in [6.45, 7) is 11.0. The van der Waals surface area contributed by atoms with Crippen LogP contribution >= 0.6 is 0 Å². The molecule has 4 nitrogen and oxygen atoms in total. The van der Waals surface area contributed by atoms with Gasteiger partial charge in [0, 0.05) is 26.3 Å². The minimum atomic E-state index is -0.0819. The molecule has 0 aromatic heterocycles. The number of nitrogens with one attached hydrogen (secondary N) is 1. The van der Waals surface area contributed by atoms with E-state index in [0.717, 1.165) is 25.9 Å². The minimum absolute atomic E-state index is 0.0721. The van der Waals surface area contributed by atoms with Crippen molar-refractivity contribution in [1.29, 1.82) is 0 Å². The summed E-state index contributed by atoms with van der Waals surface area (Å²) >= 11 is 0. The summed E-state index contributed by atoms with van der Waals surface area (Å²) in [6, 6.07) is 0. The van der Waals surface area contributed by atoms with Crippen molar-refractivity contribution in [2.24, 2.45) is 17.1 Å². The van der Waals surface area contributed by atoms with E-state index in [9.17, 15) is 4.79 Å². The van der Waals surface area contributed by atoms with Gasteiger partial charge < -0.3 is 15.8 Å². The van der Waals surface area contributed by atoms with Crippen LogP contribution in [0, 0.1) is 11.3 Å². The summed E-state index contributed by atoms with van der Waals surface area (Å²) in [7, 11) is 0. The number of carbonyl (C=O) groups is 1. The van der Waals surface area contributed by atoms with Crippen LogP contribution in [0.25, 0.3) is 0 Å². The molecule has 0 saturated carbocycles.